The van der Waals surface area contributed by atoms with Crippen molar-refractivity contribution in [2.24, 2.45) is 0 Å². The first-order valence-electron chi connectivity index (χ1n) is 8.87. The largest absolute Gasteiger partial charge is 0.545 e. The Kier molecular flexibility index (Phi) is 6.33. The minimum atomic E-state index is -1.41. The molecule has 8 nitrogen and oxygen atoms in total. The molecule has 0 spiro atoms. The molecule has 1 saturated heterocycles. The van der Waals surface area contributed by atoms with Gasteiger partial charge in [-0.15, -0.1) is 11.3 Å². The lowest BCUT2D eigenvalue weighted by molar-refractivity contribution is -0.255. The van der Waals surface area contributed by atoms with Crippen LogP contribution in [-0.4, -0.2) is 40.6 Å². The summed E-state index contributed by atoms with van der Waals surface area (Å²) in [4.78, 5) is 55.0. The predicted molar refractivity (Wildman–Crippen MR) is 105 cm³/mol. The van der Waals surface area contributed by atoms with Crippen molar-refractivity contribution < 1.29 is 29.0 Å². The molecule has 0 aliphatic carbocycles. The van der Waals surface area contributed by atoms with E-state index in [1.807, 2.05) is 6.92 Å². The van der Waals surface area contributed by atoms with Crippen molar-refractivity contribution in [2.45, 2.75) is 37.0 Å². The Bertz CT molecular complexity index is 987. The van der Waals surface area contributed by atoms with E-state index in [2.05, 4.69) is 4.98 Å². The summed E-state index contributed by atoms with van der Waals surface area (Å²) in [7, 11) is 0. The first-order valence-corrected chi connectivity index (χ1v) is 10.6. The summed E-state index contributed by atoms with van der Waals surface area (Å²) in [6.07, 6.45) is 1.90. The highest BCUT2D eigenvalue weighted by atomic mass is 32.2. The predicted octanol–water partition coefficient (Wildman–Crippen LogP) is 1.67. The number of imide groups is 1. The molecule has 1 aliphatic heterocycles. The Labute approximate surface area is 174 Å². The number of nitrogens with zero attached hydrogens (tertiary/aromatic N) is 2. The molecule has 3 rings (SSSR count). The fraction of sp³-hybridized carbons (Fsp3) is 0.316. The maximum atomic E-state index is 13.0. The third-order valence-corrected chi connectivity index (χ3v) is 6.63. The van der Waals surface area contributed by atoms with Crippen LogP contribution in [0.4, 0.5) is 5.00 Å². The van der Waals surface area contributed by atoms with E-state index < -0.39 is 29.0 Å². The molecular weight excluding hydrogens is 416 g/mol. The number of hydrogen-bond acceptors (Lipinski definition) is 9. The van der Waals surface area contributed by atoms with Crippen molar-refractivity contribution in [2.75, 3.05) is 11.5 Å². The molecule has 0 aromatic carbocycles. The van der Waals surface area contributed by atoms with Crippen LogP contribution in [-0.2, 0) is 20.7 Å². The van der Waals surface area contributed by atoms with Crippen LogP contribution in [0.5, 0.6) is 0 Å². The summed E-state index contributed by atoms with van der Waals surface area (Å²) < 4.78 is 5.05. The number of aromatic nitrogens is 1. The van der Waals surface area contributed by atoms with Crippen molar-refractivity contribution in [3.63, 3.8) is 0 Å². The Hall–Kier alpha value is -2.72. The maximum Gasteiger partial charge on any atom is 0.341 e. The number of esters is 1. The van der Waals surface area contributed by atoms with Gasteiger partial charge in [-0.05, 0) is 31.5 Å². The number of carboxylic acid groups (broad SMARTS) is 1. The molecule has 3 heterocycles. The van der Waals surface area contributed by atoms with E-state index in [1.165, 1.54) is 29.7 Å². The van der Waals surface area contributed by atoms with Crippen molar-refractivity contribution in [3.05, 3.63) is 40.4 Å². The zero-order valence-electron chi connectivity index (χ0n) is 15.7. The number of aromatic carboxylic acids is 1. The van der Waals surface area contributed by atoms with Gasteiger partial charge < -0.3 is 14.6 Å². The van der Waals surface area contributed by atoms with Crippen molar-refractivity contribution in [1.29, 1.82) is 0 Å². The normalized spacial score (nSPS) is 16.3. The second-order valence-corrected chi connectivity index (χ2v) is 8.33. The zero-order chi connectivity index (χ0) is 21.1. The van der Waals surface area contributed by atoms with Gasteiger partial charge >= 0.3 is 5.97 Å². The highest BCUT2D eigenvalue weighted by molar-refractivity contribution is 8.00. The van der Waals surface area contributed by atoms with Gasteiger partial charge in [-0.2, -0.15) is 0 Å². The van der Waals surface area contributed by atoms with Gasteiger partial charge in [-0.25, -0.2) is 14.7 Å². The molecule has 1 atom stereocenters. The van der Waals surface area contributed by atoms with Crippen LogP contribution in [0.1, 0.15) is 45.9 Å². The van der Waals surface area contributed by atoms with E-state index in [0.29, 0.717) is 6.42 Å². The van der Waals surface area contributed by atoms with E-state index in [4.69, 9.17) is 4.74 Å². The van der Waals surface area contributed by atoms with Crippen LogP contribution in [0.25, 0.3) is 0 Å². The van der Waals surface area contributed by atoms with Gasteiger partial charge in [0.05, 0.1) is 23.4 Å². The molecule has 152 valence electrons. The number of carboxylic acids is 1. The third-order valence-electron chi connectivity index (χ3n) is 4.16. The molecule has 10 heteroatoms. The van der Waals surface area contributed by atoms with Gasteiger partial charge in [-0.3, -0.25) is 9.59 Å². The number of hydrogen-bond donors (Lipinski definition) is 0. The Balaban J connectivity index is 1.91. The number of carbonyl (C=O) groups is 4. The molecule has 2 amide bonds. The molecule has 0 radical (unpaired) electrons. The molecule has 29 heavy (non-hydrogen) atoms. The number of thioether (sulfide) groups is 1. The second kappa shape index (κ2) is 8.75. The number of rotatable bonds is 7. The SMILES string of the molecule is CCOC(=O)c1cc(CC)sc1N1C(=O)C[C@@H](Sc2ncccc2C(=O)[O-])C1=O. The van der Waals surface area contributed by atoms with Gasteiger partial charge in [0.1, 0.15) is 10.0 Å². The molecule has 1 fully saturated rings. The summed E-state index contributed by atoms with van der Waals surface area (Å²) in [6, 6.07) is 4.41. The van der Waals surface area contributed by atoms with E-state index >= 15 is 0 Å². The topological polar surface area (TPSA) is 117 Å². The highest BCUT2D eigenvalue weighted by Crippen LogP contribution is 2.39. The standard InChI is InChI=1S/C19H18N2O6S2/c1-3-10-8-12(19(26)27-4-2)17(28-10)21-14(22)9-13(16(21)23)29-15-11(18(24)25)6-5-7-20-15/h5-8,13H,3-4,9H2,1-2H3,(H,24,25)/p-1/t13-/m1/s1. The first kappa shape index (κ1) is 21.0. The van der Waals surface area contributed by atoms with Crippen molar-refractivity contribution in [1.82, 2.24) is 4.98 Å². The van der Waals surface area contributed by atoms with E-state index in [1.54, 1.807) is 13.0 Å². The van der Waals surface area contributed by atoms with Crippen LogP contribution < -0.4 is 10.0 Å². The number of anilines is 1. The molecule has 0 saturated carbocycles. The average molecular weight is 433 g/mol. The second-order valence-electron chi connectivity index (χ2n) is 6.03. The fourth-order valence-electron chi connectivity index (χ4n) is 2.81. The van der Waals surface area contributed by atoms with E-state index in [0.717, 1.165) is 21.5 Å². The van der Waals surface area contributed by atoms with Crippen LogP contribution in [0.3, 0.4) is 0 Å². The Morgan fingerprint density at radius 2 is 2.10 bits per heavy atom. The lowest BCUT2D eigenvalue weighted by Crippen LogP contribution is -2.32. The van der Waals surface area contributed by atoms with Crippen molar-refractivity contribution >= 4 is 51.9 Å². The molecule has 0 unspecified atom stereocenters. The summed E-state index contributed by atoms with van der Waals surface area (Å²) >= 11 is 2.09. The molecular formula is C19H17N2O6S2-. The summed E-state index contributed by atoms with van der Waals surface area (Å²) in [5.41, 5.74) is 0.0297. The van der Waals surface area contributed by atoms with Crippen LogP contribution in [0.15, 0.2) is 29.4 Å². The number of ether oxygens (including phenoxy) is 1. The Morgan fingerprint density at radius 3 is 2.76 bits per heavy atom. The van der Waals surface area contributed by atoms with E-state index in [-0.39, 0.29) is 34.2 Å². The lowest BCUT2D eigenvalue weighted by atomic mass is 10.2. The Morgan fingerprint density at radius 1 is 1.34 bits per heavy atom. The average Bonchev–Trinajstić information content (AvgIpc) is 3.23. The number of pyridine rings is 1. The molecule has 0 bridgehead atoms. The number of aryl methyl sites for hydroxylation is 1. The summed E-state index contributed by atoms with van der Waals surface area (Å²) in [6.45, 7) is 3.74. The molecule has 0 N–H and O–H groups in total. The van der Waals surface area contributed by atoms with Gasteiger partial charge in [-0.1, -0.05) is 18.7 Å². The van der Waals surface area contributed by atoms with Crippen LogP contribution >= 0.6 is 23.1 Å². The number of thiophene rings is 1. The summed E-state index contributed by atoms with van der Waals surface area (Å²) in [5.74, 6) is -3.00. The van der Waals surface area contributed by atoms with E-state index in [9.17, 15) is 24.3 Å². The van der Waals surface area contributed by atoms with Gasteiger partial charge in [0.15, 0.2) is 0 Å². The number of amides is 2. The van der Waals surface area contributed by atoms with Gasteiger partial charge in [0, 0.05) is 23.1 Å². The quantitative estimate of drug-likeness (QED) is 0.478. The summed E-state index contributed by atoms with van der Waals surface area (Å²) in [5, 5.41) is 10.8. The monoisotopic (exact) mass is 433 g/mol. The highest BCUT2D eigenvalue weighted by Gasteiger charge is 2.43. The van der Waals surface area contributed by atoms with Gasteiger partial charge in [0.25, 0.3) is 0 Å². The minimum Gasteiger partial charge on any atom is -0.545 e. The third kappa shape index (κ3) is 4.18. The van der Waals surface area contributed by atoms with Gasteiger partial charge in [0.2, 0.25) is 11.8 Å². The smallest absolute Gasteiger partial charge is 0.341 e. The van der Waals surface area contributed by atoms with Crippen LogP contribution in [0, 0.1) is 0 Å². The van der Waals surface area contributed by atoms with Crippen LogP contribution in [0.2, 0.25) is 0 Å². The first-order chi connectivity index (χ1) is 13.9. The number of carbonyl (C=O) groups excluding carboxylic acids is 4. The molecule has 1 aliphatic rings. The fourth-order valence-corrected chi connectivity index (χ4v) is 5.02. The zero-order valence-corrected chi connectivity index (χ0v) is 17.3. The minimum absolute atomic E-state index is 0.103. The molecule has 2 aromatic heterocycles. The van der Waals surface area contributed by atoms with Crippen molar-refractivity contribution in [3.8, 4) is 0 Å². The lowest BCUT2D eigenvalue weighted by Gasteiger charge is -2.15. The maximum absolute atomic E-state index is 13.0. The molecule has 2 aromatic rings.